The van der Waals surface area contributed by atoms with Gasteiger partial charge in [0.2, 0.25) is 12.5 Å². The van der Waals surface area contributed by atoms with E-state index in [-0.39, 0.29) is 24.6 Å². The van der Waals surface area contributed by atoms with E-state index in [1.165, 1.54) is 0 Å². The summed E-state index contributed by atoms with van der Waals surface area (Å²) in [7, 11) is 4.69. The van der Waals surface area contributed by atoms with Crippen molar-refractivity contribution in [2.45, 2.75) is 26.7 Å². The van der Waals surface area contributed by atoms with Crippen LogP contribution in [0.25, 0.3) is 0 Å². The Morgan fingerprint density at radius 3 is 2.19 bits per heavy atom. The number of rotatable bonds is 8. The number of esters is 1. The Hall–Kier alpha value is -3.09. The Bertz CT molecular complexity index is 903. The highest BCUT2D eigenvalue weighted by atomic mass is 16.7. The van der Waals surface area contributed by atoms with Crippen LogP contribution in [-0.4, -0.2) is 40.7 Å². The van der Waals surface area contributed by atoms with Crippen molar-refractivity contribution >= 4 is 5.97 Å². The van der Waals surface area contributed by atoms with E-state index < -0.39 is 5.92 Å². The zero-order chi connectivity index (χ0) is 22.7. The first-order valence-corrected chi connectivity index (χ1v) is 10.1. The third-order valence-corrected chi connectivity index (χ3v) is 5.73. The molecule has 31 heavy (non-hydrogen) atoms. The van der Waals surface area contributed by atoms with Crippen molar-refractivity contribution in [2.75, 3.05) is 34.7 Å². The minimum atomic E-state index is -0.408. The standard InChI is InChI=1S/C24H30O7/c1-13(2)17(10-18-15(4)30-12-31-18)22(21-14(3)11-29-24(21)25)16-8-19(26-5)23(28-7)20(9-16)27-6/h8-10,14,21-22H,1,11-12H2,2-7H3/b17-10+/t14-,21-,22+/m0/s1. The van der Waals surface area contributed by atoms with Crippen LogP contribution in [0.4, 0.5) is 0 Å². The Labute approximate surface area is 183 Å². The Morgan fingerprint density at radius 2 is 1.77 bits per heavy atom. The van der Waals surface area contributed by atoms with E-state index in [2.05, 4.69) is 6.58 Å². The first-order chi connectivity index (χ1) is 14.8. The monoisotopic (exact) mass is 430 g/mol. The minimum absolute atomic E-state index is 0.00941. The Morgan fingerprint density at radius 1 is 1.13 bits per heavy atom. The molecule has 1 aromatic carbocycles. The second-order valence-corrected chi connectivity index (χ2v) is 7.78. The molecule has 0 amide bonds. The first kappa shape index (κ1) is 22.6. The van der Waals surface area contributed by atoms with Gasteiger partial charge in [0.1, 0.15) is 5.76 Å². The second-order valence-electron chi connectivity index (χ2n) is 7.78. The summed E-state index contributed by atoms with van der Waals surface area (Å²) in [6.45, 7) is 10.5. The van der Waals surface area contributed by atoms with Crippen molar-refractivity contribution in [1.82, 2.24) is 0 Å². The molecule has 2 aliphatic heterocycles. The van der Waals surface area contributed by atoms with E-state index in [9.17, 15) is 4.79 Å². The maximum absolute atomic E-state index is 12.8. The van der Waals surface area contributed by atoms with Gasteiger partial charge in [0.15, 0.2) is 17.3 Å². The lowest BCUT2D eigenvalue weighted by Crippen LogP contribution is -2.25. The van der Waals surface area contributed by atoms with Crippen molar-refractivity contribution in [3.05, 3.63) is 53.0 Å². The molecule has 0 N–H and O–H groups in total. The van der Waals surface area contributed by atoms with Gasteiger partial charge in [-0.05, 0) is 43.2 Å². The van der Waals surface area contributed by atoms with Crippen molar-refractivity contribution in [3.63, 3.8) is 0 Å². The molecule has 0 saturated carbocycles. The number of carbonyl (C=O) groups is 1. The number of cyclic esters (lactones) is 1. The molecule has 0 unspecified atom stereocenters. The fourth-order valence-corrected chi connectivity index (χ4v) is 4.09. The largest absolute Gasteiger partial charge is 0.493 e. The smallest absolute Gasteiger partial charge is 0.310 e. The van der Waals surface area contributed by atoms with Crippen LogP contribution in [0.2, 0.25) is 0 Å². The van der Waals surface area contributed by atoms with Crippen LogP contribution < -0.4 is 14.2 Å². The van der Waals surface area contributed by atoms with Gasteiger partial charge in [-0.25, -0.2) is 0 Å². The lowest BCUT2D eigenvalue weighted by atomic mass is 9.73. The molecular formula is C24H30O7. The first-order valence-electron chi connectivity index (χ1n) is 10.1. The summed E-state index contributed by atoms with van der Waals surface area (Å²) < 4.78 is 33.1. The van der Waals surface area contributed by atoms with Gasteiger partial charge in [0, 0.05) is 11.8 Å². The lowest BCUT2D eigenvalue weighted by Gasteiger charge is -2.28. The highest BCUT2D eigenvalue weighted by Gasteiger charge is 2.43. The average Bonchev–Trinajstić information content (AvgIpc) is 3.31. The van der Waals surface area contributed by atoms with Gasteiger partial charge in [-0.1, -0.05) is 19.1 Å². The van der Waals surface area contributed by atoms with Crippen molar-refractivity contribution in [1.29, 1.82) is 0 Å². The van der Waals surface area contributed by atoms with E-state index in [1.807, 2.05) is 39.0 Å². The van der Waals surface area contributed by atoms with Gasteiger partial charge in [0.05, 0.1) is 33.9 Å². The minimum Gasteiger partial charge on any atom is -0.493 e. The van der Waals surface area contributed by atoms with Gasteiger partial charge >= 0.3 is 5.97 Å². The molecule has 7 heteroatoms. The quantitative estimate of drug-likeness (QED) is 0.449. The molecule has 3 atom stereocenters. The summed E-state index contributed by atoms with van der Waals surface area (Å²) in [4.78, 5) is 12.8. The van der Waals surface area contributed by atoms with E-state index in [0.29, 0.717) is 35.4 Å². The van der Waals surface area contributed by atoms with Crippen molar-refractivity contribution < 1.29 is 33.2 Å². The summed E-state index contributed by atoms with van der Waals surface area (Å²) in [6, 6.07) is 3.74. The summed E-state index contributed by atoms with van der Waals surface area (Å²) >= 11 is 0. The molecule has 168 valence electrons. The molecule has 3 rings (SSSR count). The Kier molecular flexibility index (Phi) is 6.83. The number of allylic oxidation sites excluding steroid dienone is 4. The molecule has 2 heterocycles. The summed E-state index contributed by atoms with van der Waals surface area (Å²) in [6.07, 6.45) is 1.90. The van der Waals surface area contributed by atoms with E-state index >= 15 is 0 Å². The number of ether oxygens (including phenoxy) is 6. The normalized spacial score (nSPS) is 21.9. The zero-order valence-corrected chi connectivity index (χ0v) is 18.9. The summed E-state index contributed by atoms with van der Waals surface area (Å²) in [5.74, 6) is 1.81. The van der Waals surface area contributed by atoms with Crippen LogP contribution in [0.5, 0.6) is 17.2 Å². The number of hydrogen-bond acceptors (Lipinski definition) is 7. The highest BCUT2D eigenvalue weighted by molar-refractivity contribution is 5.77. The van der Waals surface area contributed by atoms with Gasteiger partial charge < -0.3 is 28.4 Å². The van der Waals surface area contributed by atoms with E-state index in [4.69, 9.17) is 28.4 Å². The molecule has 2 aliphatic rings. The van der Waals surface area contributed by atoms with Gasteiger partial charge in [-0.3, -0.25) is 4.79 Å². The molecule has 7 nitrogen and oxygen atoms in total. The lowest BCUT2D eigenvalue weighted by molar-refractivity contribution is -0.141. The van der Waals surface area contributed by atoms with Crippen LogP contribution in [0.15, 0.2) is 47.5 Å². The fraction of sp³-hybridized carbons (Fsp3) is 0.458. The Balaban J connectivity index is 2.25. The molecular weight excluding hydrogens is 400 g/mol. The number of hydrogen-bond donors (Lipinski definition) is 0. The SMILES string of the molecule is C=C(C)/C(=C\C1=C(C)OCO1)[C@@H](c1cc(OC)c(OC)c(OC)c1)[C@H]1C(=O)OC[C@@H]1C. The van der Waals surface area contributed by atoms with Crippen LogP contribution in [-0.2, 0) is 19.0 Å². The van der Waals surface area contributed by atoms with Crippen LogP contribution >= 0.6 is 0 Å². The molecule has 0 bridgehead atoms. The molecule has 0 aliphatic carbocycles. The second kappa shape index (κ2) is 9.37. The van der Waals surface area contributed by atoms with E-state index in [1.54, 1.807) is 21.3 Å². The summed E-state index contributed by atoms with van der Waals surface area (Å²) in [5.41, 5.74) is 2.49. The van der Waals surface area contributed by atoms with Gasteiger partial charge in [0.25, 0.3) is 0 Å². The van der Waals surface area contributed by atoms with Crippen LogP contribution in [0, 0.1) is 11.8 Å². The predicted octanol–water partition coefficient (Wildman–Crippen LogP) is 4.34. The average molecular weight is 430 g/mol. The maximum atomic E-state index is 12.8. The molecule has 0 spiro atoms. The van der Waals surface area contributed by atoms with E-state index in [0.717, 1.165) is 16.7 Å². The van der Waals surface area contributed by atoms with Crippen LogP contribution in [0.3, 0.4) is 0 Å². The molecule has 1 saturated heterocycles. The van der Waals surface area contributed by atoms with Gasteiger partial charge in [-0.15, -0.1) is 0 Å². The number of carbonyl (C=O) groups excluding carboxylic acids is 1. The molecule has 1 fully saturated rings. The van der Waals surface area contributed by atoms with Crippen molar-refractivity contribution in [2.24, 2.45) is 11.8 Å². The fourth-order valence-electron chi connectivity index (χ4n) is 4.09. The van der Waals surface area contributed by atoms with Crippen LogP contribution in [0.1, 0.15) is 32.3 Å². The number of methoxy groups -OCH3 is 3. The van der Waals surface area contributed by atoms with Gasteiger partial charge in [-0.2, -0.15) is 0 Å². The molecule has 0 aromatic heterocycles. The molecule has 0 radical (unpaired) electrons. The number of benzene rings is 1. The maximum Gasteiger partial charge on any atom is 0.310 e. The molecule has 1 aromatic rings. The third kappa shape index (κ3) is 4.36. The summed E-state index contributed by atoms with van der Waals surface area (Å²) in [5, 5.41) is 0. The topological polar surface area (TPSA) is 72.5 Å². The van der Waals surface area contributed by atoms with Crippen molar-refractivity contribution in [3.8, 4) is 17.2 Å². The highest BCUT2D eigenvalue weighted by Crippen LogP contribution is 2.47. The third-order valence-electron chi connectivity index (χ3n) is 5.73. The predicted molar refractivity (Wildman–Crippen MR) is 115 cm³/mol. The zero-order valence-electron chi connectivity index (χ0n) is 18.9.